The van der Waals surface area contributed by atoms with Crippen LogP contribution in [0.15, 0.2) is 205 Å². The van der Waals surface area contributed by atoms with Crippen molar-refractivity contribution < 1.29 is 0 Å². The number of aromatic nitrogens is 2. The van der Waals surface area contributed by atoms with Crippen LogP contribution in [0.4, 0.5) is 0 Å². The zero-order valence-electron chi connectivity index (χ0n) is 35.0. The van der Waals surface area contributed by atoms with E-state index in [1.807, 2.05) is 18.5 Å². The van der Waals surface area contributed by atoms with E-state index in [9.17, 15) is 0 Å². The Hall–Kier alpha value is -7.73. The number of hydrogen-bond acceptors (Lipinski definition) is 5. The predicted molar refractivity (Wildman–Crippen MR) is 260 cm³/mol. The van der Waals surface area contributed by atoms with Crippen LogP contribution in [0.1, 0.15) is 54.0 Å². The van der Waals surface area contributed by atoms with Crippen LogP contribution in [0.3, 0.4) is 0 Å². The molecule has 1 aliphatic heterocycles. The van der Waals surface area contributed by atoms with Gasteiger partial charge in [0.1, 0.15) is 18.2 Å². The van der Waals surface area contributed by atoms with Gasteiger partial charge in [-0.05, 0) is 108 Å². The molecule has 300 valence electrons. The molecule has 2 atom stereocenters. The number of rotatable bonds is 6. The number of benzene rings is 8. The number of aliphatic imine (C=N–C) groups is 1. The number of hydrogen-bond donors (Lipinski definition) is 2. The van der Waals surface area contributed by atoms with E-state index >= 15 is 0 Å². The lowest BCUT2D eigenvalue weighted by Crippen LogP contribution is -2.45. The second-order valence-electron chi connectivity index (χ2n) is 17.3. The molecule has 3 heterocycles. The maximum absolute atomic E-state index is 5.22. The molecule has 0 amide bonds. The predicted octanol–water partition coefficient (Wildman–Crippen LogP) is 13.6. The Kier molecular flexibility index (Phi) is 8.66. The van der Waals surface area contributed by atoms with Gasteiger partial charge in [-0.2, -0.15) is 0 Å². The van der Waals surface area contributed by atoms with Gasteiger partial charge >= 0.3 is 0 Å². The molecule has 0 radical (unpaired) electrons. The molecule has 2 aromatic heterocycles. The van der Waals surface area contributed by atoms with Crippen molar-refractivity contribution in [1.29, 1.82) is 0 Å². The Morgan fingerprint density at radius 2 is 1.19 bits per heavy atom. The second-order valence-corrected chi connectivity index (χ2v) is 17.3. The molecule has 0 saturated heterocycles. The van der Waals surface area contributed by atoms with Crippen LogP contribution < -0.4 is 10.6 Å². The number of nitrogens with one attached hydrogen (secondary N) is 2. The first-order valence-corrected chi connectivity index (χ1v) is 21.7. The zero-order chi connectivity index (χ0) is 42.1. The molecule has 5 heteroatoms. The quantitative estimate of drug-likeness (QED) is 0.164. The van der Waals surface area contributed by atoms with E-state index in [2.05, 4.69) is 211 Å². The highest BCUT2D eigenvalue weighted by Crippen LogP contribution is 2.52. The summed E-state index contributed by atoms with van der Waals surface area (Å²) in [6.45, 7) is 4.74. The van der Waals surface area contributed by atoms with Crippen LogP contribution in [-0.2, 0) is 5.41 Å². The lowest BCUT2D eigenvalue weighted by atomic mass is 9.81. The molecule has 12 rings (SSSR count). The molecule has 63 heavy (non-hydrogen) atoms. The molecule has 2 N–H and O–H groups in total. The van der Waals surface area contributed by atoms with Crippen molar-refractivity contribution in [3.05, 3.63) is 228 Å². The minimum Gasteiger partial charge on any atom is -0.350 e. The van der Waals surface area contributed by atoms with Gasteiger partial charge in [0.05, 0.1) is 11.2 Å². The van der Waals surface area contributed by atoms with Crippen LogP contribution in [0, 0.1) is 0 Å². The average molecular weight is 810 g/mol. The van der Waals surface area contributed by atoms with E-state index in [1.54, 1.807) is 0 Å². The lowest BCUT2D eigenvalue weighted by molar-refractivity contribution is 0.409. The normalized spacial score (nSPS) is 16.4. The van der Waals surface area contributed by atoms with Gasteiger partial charge in [-0.3, -0.25) is 10.3 Å². The van der Waals surface area contributed by atoms with Crippen molar-refractivity contribution in [2.24, 2.45) is 4.99 Å². The van der Waals surface area contributed by atoms with Gasteiger partial charge in [0.25, 0.3) is 0 Å². The van der Waals surface area contributed by atoms with Gasteiger partial charge in [-0.25, -0.2) is 9.98 Å². The molecule has 2 aliphatic rings. The first-order valence-electron chi connectivity index (χ1n) is 21.7. The Morgan fingerprint density at radius 3 is 2.02 bits per heavy atom. The summed E-state index contributed by atoms with van der Waals surface area (Å²) in [6, 6.07) is 67.8. The van der Waals surface area contributed by atoms with E-state index in [1.165, 1.54) is 38.6 Å². The smallest absolute Gasteiger partial charge is 0.131 e. The first kappa shape index (κ1) is 37.1. The van der Waals surface area contributed by atoms with Crippen molar-refractivity contribution in [2.45, 2.75) is 31.6 Å². The van der Waals surface area contributed by atoms with Crippen LogP contribution in [0.25, 0.3) is 77.1 Å². The first-order chi connectivity index (χ1) is 31.0. The number of fused-ring (bicyclic) bond motifs is 8. The maximum atomic E-state index is 5.22. The summed E-state index contributed by atoms with van der Waals surface area (Å²) < 4.78 is 0. The molecular weight excluding hydrogens is 767 g/mol. The summed E-state index contributed by atoms with van der Waals surface area (Å²) >= 11 is 0. The highest BCUT2D eigenvalue weighted by Gasteiger charge is 2.37. The van der Waals surface area contributed by atoms with Gasteiger partial charge in [0.2, 0.25) is 0 Å². The summed E-state index contributed by atoms with van der Waals surface area (Å²) in [6.07, 6.45) is 3.32. The van der Waals surface area contributed by atoms with Crippen LogP contribution >= 0.6 is 0 Å². The minimum atomic E-state index is -0.244. The van der Waals surface area contributed by atoms with Crippen molar-refractivity contribution in [3.8, 4) is 44.6 Å². The highest BCUT2D eigenvalue weighted by atomic mass is 15.3. The summed E-state index contributed by atoms with van der Waals surface area (Å²) in [4.78, 5) is 14.9. The number of para-hydroxylation sites is 1. The van der Waals surface area contributed by atoms with Crippen LogP contribution in [-0.4, -0.2) is 15.8 Å². The van der Waals surface area contributed by atoms with E-state index in [0.29, 0.717) is 0 Å². The highest BCUT2D eigenvalue weighted by molar-refractivity contribution is 6.10. The molecule has 0 bridgehead atoms. The van der Waals surface area contributed by atoms with Crippen LogP contribution in [0.2, 0.25) is 0 Å². The summed E-state index contributed by atoms with van der Waals surface area (Å²) in [5.41, 5.74) is 16.1. The molecule has 5 nitrogen and oxygen atoms in total. The van der Waals surface area contributed by atoms with Gasteiger partial charge in [0.15, 0.2) is 0 Å². The van der Waals surface area contributed by atoms with Crippen LogP contribution in [0.5, 0.6) is 0 Å². The van der Waals surface area contributed by atoms with Gasteiger partial charge in [0, 0.05) is 39.7 Å². The van der Waals surface area contributed by atoms with Crippen molar-refractivity contribution >= 4 is 38.3 Å². The Bertz CT molecular complexity index is 3430. The number of pyridine rings is 2. The van der Waals surface area contributed by atoms with E-state index in [0.717, 1.165) is 72.1 Å². The summed E-state index contributed by atoms with van der Waals surface area (Å²) in [7, 11) is 0. The fraction of sp³-hybridized carbons (Fsp3) is 0.0862. The molecule has 0 fully saturated rings. The van der Waals surface area contributed by atoms with Crippen molar-refractivity contribution in [3.63, 3.8) is 0 Å². The summed E-state index contributed by atoms with van der Waals surface area (Å²) in [5.74, 6) is 0.860. The fourth-order valence-electron chi connectivity index (χ4n) is 9.96. The standard InChI is InChI=1S/C58H43N5/c1-58(2)50-28-26-37-13-9-10-18-45(37)53(50)48-27-25-41(34-51(48)58)43-31-42(36-21-23-38(24-22-36)54-49-35-59-30-29-46(49)47-19-11-12-20-52(47)60-54)32-44(33-43)57-62-55(39-14-5-3-6-15-39)61-56(63-57)40-16-7-4-8-17-40/h3-35,55,57,62H,1-2H3,(H,61,63). The van der Waals surface area contributed by atoms with Gasteiger partial charge in [-0.15, -0.1) is 0 Å². The number of nitrogens with zero attached hydrogens (tertiary/aromatic N) is 3. The third kappa shape index (κ3) is 6.31. The third-order valence-electron chi connectivity index (χ3n) is 13.2. The SMILES string of the molecule is CC1(C)c2cc(-c3cc(-c4ccc(-c5nc6ccccc6c6ccncc56)cc4)cc(C4NC(c5ccccc5)=NC(c5ccccc5)N4)c3)ccc2-c2c1ccc1ccccc21. The molecule has 8 aromatic carbocycles. The fourth-order valence-corrected chi connectivity index (χ4v) is 9.96. The second kappa shape index (κ2) is 14.7. The third-order valence-corrected chi connectivity index (χ3v) is 13.2. The average Bonchev–Trinajstić information content (AvgIpc) is 3.59. The Balaban J connectivity index is 1.00. The molecule has 0 spiro atoms. The maximum Gasteiger partial charge on any atom is 0.131 e. The van der Waals surface area contributed by atoms with E-state index in [4.69, 9.17) is 9.98 Å². The zero-order valence-corrected chi connectivity index (χ0v) is 35.0. The monoisotopic (exact) mass is 809 g/mol. The van der Waals surface area contributed by atoms with Crippen molar-refractivity contribution in [1.82, 2.24) is 20.6 Å². The molecule has 0 saturated carbocycles. The summed E-state index contributed by atoms with van der Waals surface area (Å²) in [5, 5.41) is 13.6. The largest absolute Gasteiger partial charge is 0.350 e. The molecule has 2 unspecified atom stereocenters. The number of amidine groups is 1. The Labute approximate surface area is 366 Å². The van der Waals surface area contributed by atoms with Crippen molar-refractivity contribution in [2.75, 3.05) is 0 Å². The Morgan fingerprint density at radius 1 is 0.492 bits per heavy atom. The van der Waals surface area contributed by atoms with Gasteiger partial charge < -0.3 is 5.32 Å². The lowest BCUT2D eigenvalue weighted by Gasteiger charge is -2.32. The van der Waals surface area contributed by atoms with E-state index < -0.39 is 0 Å². The van der Waals surface area contributed by atoms with Gasteiger partial charge in [-0.1, -0.05) is 166 Å². The molecule has 10 aromatic rings. The minimum absolute atomic E-state index is 0.159. The molecule has 1 aliphatic carbocycles. The molecular formula is C58H43N5. The topological polar surface area (TPSA) is 62.2 Å². The van der Waals surface area contributed by atoms with E-state index in [-0.39, 0.29) is 17.7 Å².